The zero-order valence-electron chi connectivity index (χ0n) is 19.6. The quantitative estimate of drug-likeness (QED) is 0.485. The second-order valence-corrected chi connectivity index (χ2v) is 9.69. The van der Waals surface area contributed by atoms with E-state index in [1.54, 1.807) is 11.9 Å². The molecule has 0 unspecified atom stereocenters. The van der Waals surface area contributed by atoms with E-state index in [-0.39, 0.29) is 24.0 Å². The molecule has 0 atom stereocenters. The number of aromatic nitrogens is 2. The highest BCUT2D eigenvalue weighted by molar-refractivity contribution is 7.89. The number of methoxy groups -OCH3 is 1. The Hall–Kier alpha value is -3.01. The Labute approximate surface area is 195 Å². The summed E-state index contributed by atoms with van der Waals surface area (Å²) in [6.07, 6.45) is 0. The first kappa shape index (κ1) is 24.6. The van der Waals surface area contributed by atoms with Gasteiger partial charge in [0, 0.05) is 44.1 Å². The van der Waals surface area contributed by atoms with Gasteiger partial charge >= 0.3 is 0 Å². The summed E-state index contributed by atoms with van der Waals surface area (Å²) in [6, 6.07) is 14.0. The van der Waals surface area contributed by atoms with Gasteiger partial charge in [-0.3, -0.25) is 4.79 Å². The molecule has 1 amide bonds. The van der Waals surface area contributed by atoms with Gasteiger partial charge < -0.3 is 9.64 Å². The van der Waals surface area contributed by atoms with E-state index in [4.69, 9.17) is 9.84 Å². The summed E-state index contributed by atoms with van der Waals surface area (Å²) in [5.74, 6) is -0.200. The van der Waals surface area contributed by atoms with Crippen LogP contribution in [0.2, 0.25) is 0 Å². The van der Waals surface area contributed by atoms with Crippen LogP contribution in [0.3, 0.4) is 0 Å². The van der Waals surface area contributed by atoms with Crippen LogP contribution < -0.4 is 4.72 Å². The first-order valence-electron chi connectivity index (χ1n) is 10.6. The third kappa shape index (κ3) is 5.50. The van der Waals surface area contributed by atoms with E-state index in [1.807, 2.05) is 49.7 Å². The molecule has 0 spiro atoms. The maximum absolute atomic E-state index is 13.0. The molecule has 0 bridgehead atoms. The summed E-state index contributed by atoms with van der Waals surface area (Å²) >= 11 is 0. The molecule has 1 aromatic heterocycles. The SMILES string of the molecule is COCCNS(=O)(=O)c1ccc(C(=O)N(C)Cc2c(C)nn(-c3ccccc3C)c2C)cc1. The predicted molar refractivity (Wildman–Crippen MR) is 127 cm³/mol. The second-order valence-electron chi connectivity index (χ2n) is 7.92. The van der Waals surface area contributed by atoms with E-state index in [9.17, 15) is 13.2 Å². The molecule has 0 fully saturated rings. The molecule has 2 aromatic carbocycles. The Morgan fingerprint density at radius 1 is 1.09 bits per heavy atom. The van der Waals surface area contributed by atoms with E-state index in [2.05, 4.69) is 4.72 Å². The third-order valence-corrected chi connectivity index (χ3v) is 7.01. The Morgan fingerprint density at radius 3 is 2.39 bits per heavy atom. The van der Waals surface area contributed by atoms with Gasteiger partial charge in [-0.2, -0.15) is 5.10 Å². The molecule has 0 saturated heterocycles. The number of hydrogen-bond donors (Lipinski definition) is 1. The van der Waals surface area contributed by atoms with Gasteiger partial charge in [-0.15, -0.1) is 0 Å². The smallest absolute Gasteiger partial charge is 0.253 e. The van der Waals surface area contributed by atoms with Crippen LogP contribution >= 0.6 is 0 Å². The Morgan fingerprint density at radius 2 is 1.76 bits per heavy atom. The van der Waals surface area contributed by atoms with E-state index in [0.717, 1.165) is 28.2 Å². The van der Waals surface area contributed by atoms with Crippen LogP contribution in [-0.2, 0) is 21.3 Å². The van der Waals surface area contributed by atoms with Gasteiger partial charge in [0.15, 0.2) is 0 Å². The number of hydrogen-bond acceptors (Lipinski definition) is 5. The lowest BCUT2D eigenvalue weighted by molar-refractivity contribution is 0.0784. The molecule has 8 nitrogen and oxygen atoms in total. The van der Waals surface area contributed by atoms with Gasteiger partial charge in [-0.1, -0.05) is 18.2 Å². The van der Waals surface area contributed by atoms with Crippen molar-refractivity contribution < 1.29 is 17.9 Å². The number of carbonyl (C=O) groups excluding carboxylic acids is 1. The lowest BCUT2D eigenvalue weighted by Gasteiger charge is -2.18. The van der Waals surface area contributed by atoms with Gasteiger partial charge in [0.1, 0.15) is 0 Å². The van der Waals surface area contributed by atoms with Crippen molar-refractivity contribution in [3.05, 3.63) is 76.6 Å². The highest BCUT2D eigenvalue weighted by atomic mass is 32.2. The number of carbonyl (C=O) groups is 1. The van der Waals surface area contributed by atoms with Crippen molar-refractivity contribution in [3.8, 4) is 5.69 Å². The lowest BCUT2D eigenvalue weighted by Crippen LogP contribution is -2.28. The maximum atomic E-state index is 13.0. The molecule has 33 heavy (non-hydrogen) atoms. The molecule has 0 radical (unpaired) electrons. The zero-order chi connectivity index (χ0) is 24.2. The Balaban J connectivity index is 1.76. The van der Waals surface area contributed by atoms with Crippen LogP contribution in [0.1, 0.15) is 32.9 Å². The number of ether oxygens (including phenoxy) is 1. The average molecular weight is 471 g/mol. The minimum Gasteiger partial charge on any atom is -0.383 e. The Kier molecular flexibility index (Phi) is 7.68. The fourth-order valence-corrected chi connectivity index (χ4v) is 4.62. The largest absolute Gasteiger partial charge is 0.383 e. The molecule has 0 aliphatic rings. The van der Waals surface area contributed by atoms with Crippen molar-refractivity contribution in [2.24, 2.45) is 0 Å². The number of para-hydroxylation sites is 1. The topological polar surface area (TPSA) is 93.5 Å². The maximum Gasteiger partial charge on any atom is 0.253 e. The standard InChI is InChI=1S/C24H30N4O4S/c1-17-8-6-7-9-23(17)28-19(3)22(18(2)26-28)16-27(4)24(29)20-10-12-21(13-11-20)33(30,31)25-14-15-32-5/h6-13,25H,14-16H2,1-5H3. The molecule has 3 rings (SSSR count). The monoisotopic (exact) mass is 470 g/mol. The van der Waals surface area contributed by atoms with E-state index in [0.29, 0.717) is 12.1 Å². The van der Waals surface area contributed by atoms with Crippen molar-refractivity contribution in [1.82, 2.24) is 19.4 Å². The van der Waals surface area contributed by atoms with Crippen LogP contribution in [0, 0.1) is 20.8 Å². The molecule has 1 N–H and O–H groups in total. The number of benzene rings is 2. The van der Waals surface area contributed by atoms with Crippen LogP contribution in [0.5, 0.6) is 0 Å². The minimum absolute atomic E-state index is 0.101. The lowest BCUT2D eigenvalue weighted by atomic mass is 10.1. The second kappa shape index (κ2) is 10.3. The van der Waals surface area contributed by atoms with Gasteiger partial charge in [-0.25, -0.2) is 17.8 Å². The number of sulfonamides is 1. The number of amides is 1. The fourth-order valence-electron chi connectivity index (χ4n) is 3.61. The van der Waals surface area contributed by atoms with Crippen molar-refractivity contribution in [3.63, 3.8) is 0 Å². The molecule has 3 aromatic rings. The molecule has 0 aliphatic heterocycles. The number of nitrogens with zero attached hydrogens (tertiary/aromatic N) is 3. The molecular weight excluding hydrogens is 440 g/mol. The van der Waals surface area contributed by atoms with Crippen LogP contribution in [-0.4, -0.2) is 56.3 Å². The average Bonchev–Trinajstić information content (AvgIpc) is 3.07. The number of nitrogens with one attached hydrogen (secondary N) is 1. The molecule has 176 valence electrons. The Bertz CT molecular complexity index is 1230. The van der Waals surface area contributed by atoms with Gasteiger partial charge in [0.2, 0.25) is 10.0 Å². The normalized spacial score (nSPS) is 11.5. The van der Waals surface area contributed by atoms with Crippen LogP contribution in [0.4, 0.5) is 0 Å². The number of aryl methyl sites for hydroxylation is 2. The van der Waals surface area contributed by atoms with E-state index < -0.39 is 10.0 Å². The van der Waals surface area contributed by atoms with Gasteiger partial charge in [-0.05, 0) is 56.7 Å². The summed E-state index contributed by atoms with van der Waals surface area (Å²) < 4.78 is 33.9. The minimum atomic E-state index is -3.65. The molecule has 1 heterocycles. The molecule has 0 aliphatic carbocycles. The van der Waals surface area contributed by atoms with E-state index in [1.165, 1.54) is 31.4 Å². The highest BCUT2D eigenvalue weighted by Gasteiger charge is 2.20. The first-order valence-corrected chi connectivity index (χ1v) is 12.1. The van der Waals surface area contributed by atoms with Crippen LogP contribution in [0.15, 0.2) is 53.4 Å². The van der Waals surface area contributed by atoms with Gasteiger partial charge in [0.25, 0.3) is 5.91 Å². The molecule has 9 heteroatoms. The van der Waals surface area contributed by atoms with Gasteiger partial charge in [0.05, 0.1) is 22.9 Å². The summed E-state index contributed by atoms with van der Waals surface area (Å²) in [5.41, 5.74) is 5.36. The van der Waals surface area contributed by atoms with Crippen molar-refractivity contribution in [2.45, 2.75) is 32.2 Å². The van der Waals surface area contributed by atoms with Crippen LogP contribution in [0.25, 0.3) is 5.69 Å². The first-order chi connectivity index (χ1) is 15.7. The van der Waals surface area contributed by atoms with Crippen molar-refractivity contribution >= 4 is 15.9 Å². The molecule has 0 saturated carbocycles. The summed E-state index contributed by atoms with van der Waals surface area (Å²) in [5, 5.41) is 4.69. The summed E-state index contributed by atoms with van der Waals surface area (Å²) in [7, 11) is -0.421. The highest BCUT2D eigenvalue weighted by Crippen LogP contribution is 2.22. The summed E-state index contributed by atoms with van der Waals surface area (Å²) in [6.45, 7) is 6.82. The van der Waals surface area contributed by atoms with Crippen molar-refractivity contribution in [1.29, 1.82) is 0 Å². The van der Waals surface area contributed by atoms with Crippen molar-refractivity contribution in [2.75, 3.05) is 27.3 Å². The fraction of sp³-hybridized carbons (Fsp3) is 0.333. The predicted octanol–water partition coefficient (Wildman–Crippen LogP) is 2.99. The summed E-state index contributed by atoms with van der Waals surface area (Å²) in [4.78, 5) is 14.7. The van der Waals surface area contributed by atoms with E-state index >= 15 is 0 Å². The number of rotatable bonds is 9. The third-order valence-electron chi connectivity index (χ3n) is 5.54. The zero-order valence-corrected chi connectivity index (χ0v) is 20.4. The molecular formula is C24H30N4O4S.